The van der Waals surface area contributed by atoms with Crippen LogP contribution in [0.5, 0.6) is 0 Å². The van der Waals surface area contributed by atoms with E-state index in [1.807, 2.05) is 18.2 Å². The molecule has 0 bridgehead atoms. The molecule has 1 aliphatic rings. The van der Waals surface area contributed by atoms with Crippen LogP contribution in [0, 0.1) is 5.92 Å². The third-order valence-corrected chi connectivity index (χ3v) is 5.40. The summed E-state index contributed by atoms with van der Waals surface area (Å²) in [4.78, 5) is 18.4. The van der Waals surface area contributed by atoms with E-state index in [0.717, 1.165) is 70.9 Å². The zero-order valence-corrected chi connectivity index (χ0v) is 18.6. The fourth-order valence-corrected chi connectivity index (χ4v) is 3.68. The Morgan fingerprint density at radius 2 is 2.10 bits per heavy atom. The number of nitrogens with zero attached hydrogens (tertiary/aromatic N) is 2. The minimum absolute atomic E-state index is 0.0115. The molecule has 7 heteroatoms. The number of likely N-dealkylation sites (tertiary alicyclic amines) is 1. The van der Waals surface area contributed by atoms with E-state index in [-0.39, 0.29) is 17.9 Å². The lowest BCUT2D eigenvalue weighted by molar-refractivity contribution is -0.123. The Bertz CT molecular complexity index is 638. The van der Waals surface area contributed by atoms with E-state index in [2.05, 4.69) is 46.5 Å². The van der Waals surface area contributed by atoms with Crippen LogP contribution in [0.4, 0.5) is 0 Å². The van der Waals surface area contributed by atoms with Gasteiger partial charge in [-0.3, -0.25) is 9.79 Å². The maximum atomic E-state index is 11.4. The molecule has 1 aromatic carbocycles. The van der Waals surface area contributed by atoms with Crippen molar-refractivity contribution in [2.45, 2.75) is 45.6 Å². The number of aliphatic imine (C=N–C) groups is 1. The van der Waals surface area contributed by atoms with Crippen LogP contribution in [-0.4, -0.2) is 62.6 Å². The van der Waals surface area contributed by atoms with Gasteiger partial charge in [0.25, 0.3) is 0 Å². The second-order valence-electron chi connectivity index (χ2n) is 7.86. The van der Waals surface area contributed by atoms with Crippen molar-refractivity contribution < 1.29 is 9.53 Å². The van der Waals surface area contributed by atoms with Gasteiger partial charge in [0.15, 0.2) is 5.96 Å². The highest BCUT2D eigenvalue weighted by molar-refractivity contribution is 5.79. The molecule has 0 aromatic heterocycles. The predicted octanol–water partition coefficient (Wildman–Crippen LogP) is 2.30. The average Bonchev–Trinajstić information content (AvgIpc) is 2.77. The van der Waals surface area contributed by atoms with Crippen molar-refractivity contribution >= 4 is 11.9 Å². The summed E-state index contributed by atoms with van der Waals surface area (Å²) in [6, 6.07) is 10.3. The zero-order chi connectivity index (χ0) is 21.6. The molecule has 4 N–H and O–H groups in total. The van der Waals surface area contributed by atoms with E-state index in [0.29, 0.717) is 6.61 Å². The fourth-order valence-electron chi connectivity index (χ4n) is 3.68. The maximum Gasteiger partial charge on any atom is 0.221 e. The average molecular weight is 418 g/mol. The molecule has 168 valence electrons. The van der Waals surface area contributed by atoms with Gasteiger partial charge in [0.05, 0.1) is 12.0 Å². The molecular formula is C23H39N5O2. The molecule has 0 radical (unpaired) electrons. The van der Waals surface area contributed by atoms with Gasteiger partial charge in [-0.05, 0) is 58.2 Å². The second-order valence-corrected chi connectivity index (χ2v) is 7.86. The molecule has 2 rings (SSSR count). The molecular weight excluding hydrogens is 378 g/mol. The van der Waals surface area contributed by atoms with Crippen LogP contribution in [0.25, 0.3) is 0 Å². The lowest BCUT2D eigenvalue weighted by Crippen LogP contribution is -2.43. The van der Waals surface area contributed by atoms with Crippen molar-refractivity contribution in [3.63, 3.8) is 0 Å². The van der Waals surface area contributed by atoms with Crippen LogP contribution in [0.1, 0.15) is 51.2 Å². The van der Waals surface area contributed by atoms with Gasteiger partial charge in [0.2, 0.25) is 5.91 Å². The number of rotatable bonds is 12. The molecule has 2 unspecified atom stereocenters. The van der Waals surface area contributed by atoms with Gasteiger partial charge in [-0.1, -0.05) is 30.3 Å². The van der Waals surface area contributed by atoms with E-state index in [9.17, 15) is 4.79 Å². The lowest BCUT2D eigenvalue weighted by atomic mass is 9.97. The Morgan fingerprint density at radius 3 is 2.83 bits per heavy atom. The molecule has 1 aliphatic heterocycles. The molecule has 1 saturated heterocycles. The van der Waals surface area contributed by atoms with Gasteiger partial charge in [-0.15, -0.1) is 0 Å². The number of carbonyl (C=O) groups excluding carboxylic acids is 1. The topological polar surface area (TPSA) is 92.0 Å². The molecule has 1 fully saturated rings. The van der Waals surface area contributed by atoms with Crippen LogP contribution in [0.2, 0.25) is 0 Å². The molecule has 1 heterocycles. The van der Waals surface area contributed by atoms with Gasteiger partial charge in [0.1, 0.15) is 0 Å². The summed E-state index contributed by atoms with van der Waals surface area (Å²) < 4.78 is 5.91. The summed E-state index contributed by atoms with van der Waals surface area (Å²) >= 11 is 0. The molecule has 1 aromatic rings. The van der Waals surface area contributed by atoms with E-state index in [1.165, 1.54) is 5.56 Å². The van der Waals surface area contributed by atoms with E-state index < -0.39 is 0 Å². The summed E-state index contributed by atoms with van der Waals surface area (Å²) in [5.74, 6) is 0.696. The van der Waals surface area contributed by atoms with Crippen LogP contribution >= 0.6 is 0 Å². The van der Waals surface area contributed by atoms with Gasteiger partial charge in [-0.25, -0.2) is 0 Å². The molecule has 30 heavy (non-hydrogen) atoms. The molecule has 0 saturated carbocycles. The Morgan fingerprint density at radius 1 is 1.30 bits per heavy atom. The first-order valence-corrected chi connectivity index (χ1v) is 11.3. The number of amides is 1. The highest BCUT2D eigenvalue weighted by Gasteiger charge is 2.23. The second kappa shape index (κ2) is 14.0. The minimum Gasteiger partial charge on any atom is -0.374 e. The summed E-state index contributed by atoms with van der Waals surface area (Å²) in [5, 5.41) is 6.69. The normalized spacial score (nSPS) is 18.7. The standard InChI is InChI=1S/C23H39N5O2/c1-3-25-23(26-13-8-16-28-15-7-12-21(18-28)22(24)29)27-14-9-17-30-19(2)20-10-5-4-6-11-20/h4-6,10-11,19,21H,3,7-9,12-18H2,1-2H3,(H2,24,29)(H2,25,26,27). The Labute approximate surface area is 181 Å². The largest absolute Gasteiger partial charge is 0.374 e. The fraction of sp³-hybridized carbons (Fsp3) is 0.652. The van der Waals surface area contributed by atoms with Crippen LogP contribution in [-0.2, 0) is 9.53 Å². The molecule has 0 aliphatic carbocycles. The number of primary amides is 1. The number of ether oxygens (including phenoxy) is 1. The number of nitrogens with one attached hydrogen (secondary N) is 2. The van der Waals surface area contributed by atoms with Crippen molar-refractivity contribution in [2.24, 2.45) is 16.6 Å². The van der Waals surface area contributed by atoms with Gasteiger partial charge >= 0.3 is 0 Å². The third kappa shape index (κ3) is 9.13. The van der Waals surface area contributed by atoms with Crippen molar-refractivity contribution in [1.29, 1.82) is 0 Å². The maximum absolute atomic E-state index is 11.4. The van der Waals surface area contributed by atoms with Gasteiger partial charge < -0.3 is 26.0 Å². The Balaban J connectivity index is 1.61. The van der Waals surface area contributed by atoms with Crippen molar-refractivity contribution in [3.05, 3.63) is 35.9 Å². The van der Waals surface area contributed by atoms with Crippen molar-refractivity contribution in [2.75, 3.05) is 45.9 Å². The Kier molecular flexibility index (Phi) is 11.3. The number of guanidine groups is 1. The third-order valence-electron chi connectivity index (χ3n) is 5.40. The van der Waals surface area contributed by atoms with E-state index in [1.54, 1.807) is 0 Å². The minimum atomic E-state index is -0.165. The van der Waals surface area contributed by atoms with Gasteiger partial charge in [-0.2, -0.15) is 0 Å². The number of hydrogen-bond donors (Lipinski definition) is 3. The summed E-state index contributed by atoms with van der Waals surface area (Å²) in [7, 11) is 0. The Hall–Kier alpha value is -2.12. The van der Waals surface area contributed by atoms with Crippen LogP contribution in [0.3, 0.4) is 0 Å². The number of benzene rings is 1. The summed E-state index contributed by atoms with van der Waals surface area (Å²) in [6.07, 6.45) is 3.97. The smallest absolute Gasteiger partial charge is 0.221 e. The van der Waals surface area contributed by atoms with Crippen molar-refractivity contribution in [1.82, 2.24) is 15.5 Å². The molecule has 7 nitrogen and oxygen atoms in total. The number of hydrogen-bond acceptors (Lipinski definition) is 4. The first-order chi connectivity index (χ1) is 14.6. The quantitative estimate of drug-likeness (QED) is 0.276. The number of piperidine rings is 1. The summed E-state index contributed by atoms with van der Waals surface area (Å²) in [5.41, 5.74) is 6.66. The predicted molar refractivity (Wildman–Crippen MR) is 122 cm³/mol. The molecule has 0 spiro atoms. The van der Waals surface area contributed by atoms with Crippen molar-refractivity contribution in [3.8, 4) is 0 Å². The van der Waals surface area contributed by atoms with Crippen LogP contribution in [0.15, 0.2) is 35.3 Å². The number of nitrogens with two attached hydrogens (primary N) is 1. The first kappa shape index (κ1) is 24.2. The lowest BCUT2D eigenvalue weighted by Gasteiger charge is -2.31. The highest BCUT2D eigenvalue weighted by Crippen LogP contribution is 2.16. The first-order valence-electron chi connectivity index (χ1n) is 11.3. The summed E-state index contributed by atoms with van der Waals surface area (Å²) in [6.45, 7) is 10.1. The zero-order valence-electron chi connectivity index (χ0n) is 18.6. The van der Waals surface area contributed by atoms with E-state index in [4.69, 9.17) is 10.5 Å². The number of carbonyl (C=O) groups is 1. The highest BCUT2D eigenvalue weighted by atomic mass is 16.5. The van der Waals surface area contributed by atoms with Gasteiger partial charge in [0, 0.05) is 32.8 Å². The SMILES string of the molecule is CCNC(=NCCCOC(C)c1ccccc1)NCCCN1CCCC(C(N)=O)C1. The molecule has 1 amide bonds. The monoisotopic (exact) mass is 417 g/mol. The van der Waals surface area contributed by atoms with Crippen LogP contribution < -0.4 is 16.4 Å². The van der Waals surface area contributed by atoms with E-state index >= 15 is 0 Å². The molecule has 2 atom stereocenters.